The van der Waals surface area contributed by atoms with E-state index in [2.05, 4.69) is 23.2 Å². The van der Waals surface area contributed by atoms with Crippen molar-refractivity contribution in [1.29, 1.82) is 0 Å². The third-order valence-electron chi connectivity index (χ3n) is 3.32. The summed E-state index contributed by atoms with van der Waals surface area (Å²) in [4.78, 5) is 2.42. The van der Waals surface area contributed by atoms with Crippen molar-refractivity contribution < 1.29 is 9.15 Å². The van der Waals surface area contributed by atoms with Crippen molar-refractivity contribution in [3.63, 3.8) is 0 Å². The Morgan fingerprint density at radius 3 is 2.88 bits per heavy atom. The summed E-state index contributed by atoms with van der Waals surface area (Å²) >= 11 is 0. The van der Waals surface area contributed by atoms with E-state index in [1.54, 1.807) is 0 Å². The lowest BCUT2D eigenvalue weighted by atomic mass is 10.0. The molecule has 1 N–H and O–H groups in total. The zero-order valence-electron chi connectivity index (χ0n) is 10.9. The molecule has 1 aliphatic heterocycles. The lowest BCUT2D eigenvalue weighted by Gasteiger charge is -2.39. The van der Waals surface area contributed by atoms with E-state index < -0.39 is 0 Å². The van der Waals surface area contributed by atoms with Crippen molar-refractivity contribution in [2.45, 2.75) is 26.0 Å². The van der Waals surface area contributed by atoms with Gasteiger partial charge in [0, 0.05) is 13.1 Å². The predicted molar refractivity (Wildman–Crippen MR) is 67.1 cm³/mol. The molecule has 0 bridgehead atoms. The maximum atomic E-state index is 5.86. The van der Waals surface area contributed by atoms with Gasteiger partial charge in [-0.1, -0.05) is 6.92 Å². The smallest absolute Gasteiger partial charge is 0.124 e. The van der Waals surface area contributed by atoms with Gasteiger partial charge in [-0.05, 0) is 32.6 Å². The third-order valence-corrected chi connectivity index (χ3v) is 3.32. The number of ether oxygens (including phenoxy) is 1. The van der Waals surface area contributed by atoms with Crippen LogP contribution in [0, 0.1) is 6.92 Å². The fourth-order valence-electron chi connectivity index (χ4n) is 2.49. The standard InChI is InChI=1S/C13H22N2O2/c1-4-15-7-8-16-12(9-14-3)13(15)11-6-5-10(2)17-11/h5-6,12-14H,4,7-9H2,1-3H3. The van der Waals surface area contributed by atoms with Crippen LogP contribution >= 0.6 is 0 Å². The molecule has 4 heteroatoms. The van der Waals surface area contributed by atoms with Gasteiger partial charge in [0.1, 0.15) is 11.5 Å². The molecule has 0 aliphatic carbocycles. The highest BCUT2D eigenvalue weighted by Crippen LogP contribution is 2.30. The van der Waals surface area contributed by atoms with Crippen LogP contribution in [0.5, 0.6) is 0 Å². The number of nitrogens with zero attached hydrogens (tertiary/aromatic N) is 1. The number of aryl methyl sites for hydroxylation is 1. The van der Waals surface area contributed by atoms with E-state index >= 15 is 0 Å². The zero-order chi connectivity index (χ0) is 12.3. The number of morpholine rings is 1. The average Bonchev–Trinajstić information content (AvgIpc) is 2.75. The van der Waals surface area contributed by atoms with Crippen LogP contribution in [0.4, 0.5) is 0 Å². The Morgan fingerprint density at radius 1 is 1.47 bits per heavy atom. The van der Waals surface area contributed by atoms with E-state index in [0.29, 0.717) is 0 Å². The summed E-state index contributed by atoms with van der Waals surface area (Å²) < 4.78 is 11.6. The molecular formula is C13H22N2O2. The van der Waals surface area contributed by atoms with Crippen LogP contribution < -0.4 is 5.32 Å². The Hall–Kier alpha value is -0.840. The van der Waals surface area contributed by atoms with Crippen LogP contribution in [0.3, 0.4) is 0 Å². The summed E-state index contributed by atoms with van der Waals surface area (Å²) in [7, 11) is 1.96. The third kappa shape index (κ3) is 2.70. The summed E-state index contributed by atoms with van der Waals surface area (Å²) in [6.45, 7) is 7.81. The largest absolute Gasteiger partial charge is 0.465 e. The Morgan fingerprint density at radius 2 is 2.29 bits per heavy atom. The molecule has 1 aliphatic rings. The van der Waals surface area contributed by atoms with E-state index in [1.165, 1.54) is 0 Å². The molecule has 2 unspecified atom stereocenters. The van der Waals surface area contributed by atoms with Gasteiger partial charge >= 0.3 is 0 Å². The maximum Gasteiger partial charge on any atom is 0.124 e. The van der Waals surface area contributed by atoms with Gasteiger partial charge in [0.05, 0.1) is 18.8 Å². The molecule has 4 nitrogen and oxygen atoms in total. The molecule has 1 aromatic heterocycles. The van der Waals surface area contributed by atoms with Crippen LogP contribution in [-0.2, 0) is 4.74 Å². The summed E-state index contributed by atoms with van der Waals surface area (Å²) in [5, 5.41) is 3.20. The first kappa shape index (κ1) is 12.6. The van der Waals surface area contributed by atoms with Gasteiger partial charge in [-0.15, -0.1) is 0 Å². The van der Waals surface area contributed by atoms with Crippen LogP contribution in [0.2, 0.25) is 0 Å². The molecule has 0 amide bonds. The molecule has 96 valence electrons. The van der Waals surface area contributed by atoms with Crippen molar-refractivity contribution in [3.8, 4) is 0 Å². The Labute approximate surface area is 103 Å². The summed E-state index contributed by atoms with van der Waals surface area (Å²) in [6.07, 6.45) is 0.166. The SMILES string of the molecule is CCN1CCOC(CNC)C1c1ccc(C)o1. The molecule has 2 heterocycles. The molecule has 2 rings (SSSR count). The Bertz CT molecular complexity index is 349. The van der Waals surface area contributed by atoms with Crippen molar-refractivity contribution >= 4 is 0 Å². The maximum absolute atomic E-state index is 5.86. The van der Waals surface area contributed by atoms with Gasteiger partial charge < -0.3 is 14.5 Å². The van der Waals surface area contributed by atoms with E-state index in [1.807, 2.05) is 20.0 Å². The van der Waals surface area contributed by atoms with Gasteiger partial charge in [0.15, 0.2) is 0 Å². The quantitative estimate of drug-likeness (QED) is 0.864. The molecule has 0 aromatic carbocycles. The minimum absolute atomic E-state index is 0.166. The van der Waals surface area contributed by atoms with Crippen molar-refractivity contribution in [2.24, 2.45) is 0 Å². The fourth-order valence-corrected chi connectivity index (χ4v) is 2.49. The van der Waals surface area contributed by atoms with E-state index in [-0.39, 0.29) is 12.1 Å². The monoisotopic (exact) mass is 238 g/mol. The van der Waals surface area contributed by atoms with Crippen molar-refractivity contribution in [2.75, 3.05) is 33.3 Å². The number of nitrogens with one attached hydrogen (secondary N) is 1. The van der Waals surface area contributed by atoms with E-state index in [4.69, 9.17) is 9.15 Å². The number of hydrogen-bond acceptors (Lipinski definition) is 4. The first-order valence-corrected chi connectivity index (χ1v) is 6.32. The molecule has 1 fully saturated rings. The second-order valence-electron chi connectivity index (χ2n) is 4.49. The minimum Gasteiger partial charge on any atom is -0.465 e. The van der Waals surface area contributed by atoms with Gasteiger partial charge in [-0.3, -0.25) is 4.90 Å². The molecule has 0 radical (unpaired) electrons. The lowest BCUT2D eigenvalue weighted by Crippen LogP contribution is -2.48. The van der Waals surface area contributed by atoms with E-state index in [9.17, 15) is 0 Å². The number of hydrogen-bond donors (Lipinski definition) is 1. The predicted octanol–water partition coefficient (Wildman–Crippen LogP) is 1.57. The highest BCUT2D eigenvalue weighted by Gasteiger charge is 2.34. The lowest BCUT2D eigenvalue weighted by molar-refractivity contribution is -0.0750. The average molecular weight is 238 g/mol. The molecule has 17 heavy (non-hydrogen) atoms. The zero-order valence-corrected chi connectivity index (χ0v) is 10.9. The van der Waals surface area contributed by atoms with Gasteiger partial charge in [-0.2, -0.15) is 0 Å². The molecular weight excluding hydrogens is 216 g/mol. The van der Waals surface area contributed by atoms with Crippen LogP contribution in [0.25, 0.3) is 0 Å². The normalized spacial score (nSPS) is 26.3. The minimum atomic E-state index is 0.166. The highest BCUT2D eigenvalue weighted by molar-refractivity contribution is 5.12. The van der Waals surface area contributed by atoms with Gasteiger partial charge in [0.2, 0.25) is 0 Å². The Kier molecular flexibility index (Phi) is 4.20. The molecule has 0 spiro atoms. The van der Waals surface area contributed by atoms with Crippen LogP contribution in [0.15, 0.2) is 16.5 Å². The van der Waals surface area contributed by atoms with E-state index in [0.717, 1.165) is 37.8 Å². The first-order valence-electron chi connectivity index (χ1n) is 6.32. The number of rotatable bonds is 4. The van der Waals surface area contributed by atoms with Crippen LogP contribution in [-0.4, -0.2) is 44.3 Å². The number of likely N-dealkylation sites (N-methyl/N-ethyl adjacent to an activating group) is 2. The molecule has 2 atom stereocenters. The highest BCUT2D eigenvalue weighted by atomic mass is 16.5. The summed E-state index contributed by atoms with van der Waals surface area (Å²) in [5.74, 6) is 1.98. The number of furan rings is 1. The second kappa shape index (κ2) is 5.67. The Balaban J connectivity index is 2.21. The summed E-state index contributed by atoms with van der Waals surface area (Å²) in [6, 6.07) is 4.32. The molecule has 1 aromatic rings. The van der Waals surface area contributed by atoms with Crippen LogP contribution in [0.1, 0.15) is 24.5 Å². The summed E-state index contributed by atoms with van der Waals surface area (Å²) in [5.41, 5.74) is 0. The topological polar surface area (TPSA) is 37.6 Å². The molecule has 1 saturated heterocycles. The van der Waals surface area contributed by atoms with Gasteiger partial charge in [-0.25, -0.2) is 0 Å². The van der Waals surface area contributed by atoms with Crippen molar-refractivity contribution in [3.05, 3.63) is 23.7 Å². The van der Waals surface area contributed by atoms with Crippen molar-refractivity contribution in [1.82, 2.24) is 10.2 Å². The second-order valence-corrected chi connectivity index (χ2v) is 4.49. The molecule has 0 saturated carbocycles. The first-order chi connectivity index (χ1) is 8.26. The fraction of sp³-hybridized carbons (Fsp3) is 0.692. The van der Waals surface area contributed by atoms with Gasteiger partial charge in [0.25, 0.3) is 0 Å².